The van der Waals surface area contributed by atoms with Gasteiger partial charge in [-0.2, -0.15) is 0 Å². The maximum absolute atomic E-state index is 13.2. The SMILES string of the molecule is Cc1c(N)cccc1OCc1ccc(Cl)c(F)c1. The van der Waals surface area contributed by atoms with E-state index in [1.165, 1.54) is 12.1 Å². The van der Waals surface area contributed by atoms with E-state index in [1.54, 1.807) is 6.07 Å². The number of hydrogen-bond donors (Lipinski definition) is 1. The molecule has 0 aromatic heterocycles. The lowest BCUT2D eigenvalue weighted by atomic mass is 10.2. The van der Waals surface area contributed by atoms with Crippen molar-refractivity contribution in [3.63, 3.8) is 0 Å². The molecular weight excluding hydrogens is 253 g/mol. The van der Waals surface area contributed by atoms with Crippen LogP contribution in [0, 0.1) is 12.7 Å². The van der Waals surface area contributed by atoms with E-state index in [0.29, 0.717) is 11.4 Å². The summed E-state index contributed by atoms with van der Waals surface area (Å²) in [5.74, 6) is 0.257. The highest BCUT2D eigenvalue weighted by Crippen LogP contribution is 2.24. The van der Waals surface area contributed by atoms with Crippen molar-refractivity contribution in [2.45, 2.75) is 13.5 Å². The summed E-state index contributed by atoms with van der Waals surface area (Å²) in [5.41, 5.74) is 8.05. The number of benzene rings is 2. The Kier molecular flexibility index (Phi) is 3.72. The van der Waals surface area contributed by atoms with Gasteiger partial charge in [-0.25, -0.2) is 4.39 Å². The maximum atomic E-state index is 13.2. The first kappa shape index (κ1) is 12.7. The van der Waals surface area contributed by atoms with Gasteiger partial charge in [-0.05, 0) is 36.8 Å². The number of ether oxygens (including phenoxy) is 1. The minimum Gasteiger partial charge on any atom is -0.489 e. The smallest absolute Gasteiger partial charge is 0.142 e. The molecule has 0 saturated heterocycles. The fourth-order valence-corrected chi connectivity index (χ4v) is 1.70. The molecule has 2 aromatic carbocycles. The molecule has 0 bridgehead atoms. The quantitative estimate of drug-likeness (QED) is 0.853. The van der Waals surface area contributed by atoms with Crippen LogP contribution in [-0.2, 0) is 6.61 Å². The molecule has 0 spiro atoms. The van der Waals surface area contributed by atoms with Gasteiger partial charge in [-0.3, -0.25) is 0 Å². The van der Waals surface area contributed by atoms with Crippen LogP contribution in [0.1, 0.15) is 11.1 Å². The molecule has 4 heteroatoms. The lowest BCUT2D eigenvalue weighted by Gasteiger charge is -2.10. The molecule has 0 saturated carbocycles. The Morgan fingerprint density at radius 2 is 2.06 bits per heavy atom. The normalized spacial score (nSPS) is 10.4. The maximum Gasteiger partial charge on any atom is 0.142 e. The topological polar surface area (TPSA) is 35.2 Å². The summed E-state index contributed by atoms with van der Waals surface area (Å²) in [4.78, 5) is 0. The molecule has 18 heavy (non-hydrogen) atoms. The number of halogens is 2. The Bertz CT molecular complexity index is 572. The highest BCUT2D eigenvalue weighted by atomic mass is 35.5. The van der Waals surface area contributed by atoms with Crippen molar-refractivity contribution >= 4 is 17.3 Å². The van der Waals surface area contributed by atoms with Gasteiger partial charge in [0, 0.05) is 11.3 Å². The van der Waals surface area contributed by atoms with Gasteiger partial charge in [0.2, 0.25) is 0 Å². The van der Waals surface area contributed by atoms with Crippen LogP contribution in [0.2, 0.25) is 5.02 Å². The predicted molar refractivity (Wildman–Crippen MR) is 71.3 cm³/mol. The average Bonchev–Trinajstić information content (AvgIpc) is 2.35. The largest absolute Gasteiger partial charge is 0.489 e. The van der Waals surface area contributed by atoms with Gasteiger partial charge >= 0.3 is 0 Å². The minimum atomic E-state index is -0.443. The van der Waals surface area contributed by atoms with Gasteiger partial charge in [0.1, 0.15) is 18.2 Å². The van der Waals surface area contributed by atoms with Crippen molar-refractivity contribution in [2.24, 2.45) is 0 Å². The van der Waals surface area contributed by atoms with Crippen LogP contribution in [-0.4, -0.2) is 0 Å². The Hall–Kier alpha value is -1.74. The molecule has 0 aliphatic carbocycles. The first-order valence-corrected chi connectivity index (χ1v) is 5.87. The van der Waals surface area contributed by atoms with Gasteiger partial charge in [-0.1, -0.05) is 23.7 Å². The zero-order valence-corrected chi connectivity index (χ0v) is 10.7. The molecule has 0 fully saturated rings. The second kappa shape index (κ2) is 5.27. The zero-order chi connectivity index (χ0) is 13.1. The van der Waals surface area contributed by atoms with E-state index < -0.39 is 5.82 Å². The van der Waals surface area contributed by atoms with Gasteiger partial charge in [0.15, 0.2) is 0 Å². The van der Waals surface area contributed by atoms with Crippen LogP contribution in [0.15, 0.2) is 36.4 Å². The number of nitrogens with two attached hydrogens (primary N) is 1. The summed E-state index contributed by atoms with van der Waals surface area (Å²) in [6.45, 7) is 2.16. The molecule has 0 heterocycles. The summed E-state index contributed by atoms with van der Waals surface area (Å²) in [6, 6.07) is 10.1. The van der Waals surface area contributed by atoms with E-state index in [-0.39, 0.29) is 11.6 Å². The number of nitrogen functional groups attached to an aromatic ring is 1. The van der Waals surface area contributed by atoms with Crippen molar-refractivity contribution in [1.82, 2.24) is 0 Å². The van der Waals surface area contributed by atoms with Crippen LogP contribution in [0.3, 0.4) is 0 Å². The van der Waals surface area contributed by atoms with Crippen LogP contribution in [0.5, 0.6) is 5.75 Å². The molecular formula is C14H13ClFNO. The number of anilines is 1. The second-order valence-electron chi connectivity index (χ2n) is 4.01. The van der Waals surface area contributed by atoms with E-state index in [9.17, 15) is 4.39 Å². The van der Waals surface area contributed by atoms with Gasteiger partial charge in [0.05, 0.1) is 5.02 Å². The predicted octanol–water partition coefficient (Wildman–Crippen LogP) is 3.95. The zero-order valence-electron chi connectivity index (χ0n) is 9.91. The Morgan fingerprint density at radius 3 is 2.78 bits per heavy atom. The third-order valence-electron chi connectivity index (χ3n) is 2.70. The van der Waals surface area contributed by atoms with E-state index in [2.05, 4.69) is 0 Å². The van der Waals surface area contributed by atoms with Crippen LogP contribution < -0.4 is 10.5 Å². The summed E-state index contributed by atoms with van der Waals surface area (Å²) < 4.78 is 18.8. The lowest BCUT2D eigenvalue weighted by molar-refractivity contribution is 0.303. The summed E-state index contributed by atoms with van der Waals surface area (Å²) in [7, 11) is 0. The van der Waals surface area contributed by atoms with E-state index in [0.717, 1.165) is 11.1 Å². The summed E-state index contributed by atoms with van der Waals surface area (Å²) >= 11 is 5.61. The monoisotopic (exact) mass is 265 g/mol. The third-order valence-corrected chi connectivity index (χ3v) is 3.01. The lowest BCUT2D eigenvalue weighted by Crippen LogP contribution is -1.99. The molecule has 2 aromatic rings. The Labute approximate surface area is 110 Å². The van der Waals surface area contributed by atoms with Crippen molar-refractivity contribution < 1.29 is 9.13 Å². The number of hydrogen-bond acceptors (Lipinski definition) is 2. The molecule has 0 atom stereocenters. The first-order valence-electron chi connectivity index (χ1n) is 5.50. The second-order valence-corrected chi connectivity index (χ2v) is 4.41. The molecule has 2 nitrogen and oxygen atoms in total. The molecule has 2 N–H and O–H groups in total. The average molecular weight is 266 g/mol. The van der Waals surface area contributed by atoms with Gasteiger partial charge in [-0.15, -0.1) is 0 Å². The van der Waals surface area contributed by atoms with Gasteiger partial charge < -0.3 is 10.5 Å². The van der Waals surface area contributed by atoms with E-state index in [1.807, 2.05) is 25.1 Å². The van der Waals surface area contributed by atoms with Crippen molar-refractivity contribution in [3.05, 3.63) is 58.4 Å². The van der Waals surface area contributed by atoms with Gasteiger partial charge in [0.25, 0.3) is 0 Å². The molecule has 0 aliphatic heterocycles. The highest BCUT2D eigenvalue weighted by Gasteiger charge is 2.04. The summed E-state index contributed by atoms with van der Waals surface area (Å²) in [6.07, 6.45) is 0. The fraction of sp³-hybridized carbons (Fsp3) is 0.143. The highest BCUT2D eigenvalue weighted by molar-refractivity contribution is 6.30. The van der Waals surface area contributed by atoms with Crippen LogP contribution in [0.4, 0.5) is 10.1 Å². The van der Waals surface area contributed by atoms with Crippen molar-refractivity contribution in [2.75, 3.05) is 5.73 Å². The molecule has 0 amide bonds. The molecule has 94 valence electrons. The number of rotatable bonds is 3. The van der Waals surface area contributed by atoms with E-state index >= 15 is 0 Å². The van der Waals surface area contributed by atoms with E-state index in [4.69, 9.17) is 22.1 Å². The molecule has 0 radical (unpaired) electrons. The third kappa shape index (κ3) is 2.74. The first-order chi connectivity index (χ1) is 8.58. The van der Waals surface area contributed by atoms with Crippen LogP contribution >= 0.6 is 11.6 Å². The molecule has 2 rings (SSSR count). The fourth-order valence-electron chi connectivity index (χ4n) is 1.58. The molecule has 0 aliphatic rings. The Morgan fingerprint density at radius 1 is 1.28 bits per heavy atom. The van der Waals surface area contributed by atoms with Crippen molar-refractivity contribution in [1.29, 1.82) is 0 Å². The standard InChI is InChI=1S/C14H13ClFNO/c1-9-13(17)3-2-4-14(9)18-8-10-5-6-11(15)12(16)7-10/h2-7H,8,17H2,1H3. The Balaban J connectivity index is 2.11. The minimum absolute atomic E-state index is 0.110. The molecule has 0 unspecified atom stereocenters. The van der Waals surface area contributed by atoms with Crippen molar-refractivity contribution in [3.8, 4) is 5.75 Å². The van der Waals surface area contributed by atoms with Crippen LogP contribution in [0.25, 0.3) is 0 Å². The summed E-state index contributed by atoms with van der Waals surface area (Å²) in [5, 5.41) is 0.110.